The Balaban J connectivity index is 0.788. The van der Waals surface area contributed by atoms with E-state index in [0.717, 1.165) is 100 Å². The lowest BCUT2D eigenvalue weighted by Crippen LogP contribution is -2.12. The molecule has 0 fully saturated rings. The summed E-state index contributed by atoms with van der Waals surface area (Å²) in [6.45, 7) is 0. The van der Waals surface area contributed by atoms with Crippen LogP contribution < -0.4 is 9.80 Å². The number of rotatable bonds is 11. The van der Waals surface area contributed by atoms with Gasteiger partial charge in [0.05, 0.1) is 5.69 Å². The predicted molar refractivity (Wildman–Crippen MR) is 378 cm³/mol. The molecule has 0 aliphatic carbocycles. The Bertz CT molecular complexity index is 5560. The van der Waals surface area contributed by atoms with E-state index >= 15 is 0 Å². The van der Waals surface area contributed by atoms with Gasteiger partial charge in [-0.1, -0.05) is 255 Å². The fourth-order valence-electron chi connectivity index (χ4n) is 13.6. The van der Waals surface area contributed by atoms with Crippen LogP contribution in [0.5, 0.6) is 0 Å². The SMILES string of the molecule is c1cc(-c2ccc3ccccc3c2)cc(N(c2cccc(-c3ccccc3N(c3ccc(-c4ccc(-c5cccc6ccccc56)cc4)cc3)c3ccc(-c4cccc5oc6c7ccccc7ccc6c45)cc3)c2)c2ccc3c(ccc4ccccc43)c2)c1. The summed E-state index contributed by atoms with van der Waals surface area (Å²) in [6.07, 6.45) is 0. The molecule has 0 aliphatic heterocycles. The maximum atomic E-state index is 6.67. The summed E-state index contributed by atoms with van der Waals surface area (Å²) in [5.74, 6) is 0. The van der Waals surface area contributed by atoms with Gasteiger partial charge in [0.15, 0.2) is 0 Å². The summed E-state index contributed by atoms with van der Waals surface area (Å²) in [4.78, 5) is 4.83. The van der Waals surface area contributed by atoms with Gasteiger partial charge in [0, 0.05) is 50.2 Å². The third-order valence-corrected chi connectivity index (χ3v) is 18.0. The number of para-hydroxylation sites is 1. The molecule has 3 nitrogen and oxygen atoms in total. The molecule has 89 heavy (non-hydrogen) atoms. The van der Waals surface area contributed by atoms with Crippen LogP contribution in [0.2, 0.25) is 0 Å². The molecule has 0 aliphatic rings. The molecule has 0 saturated carbocycles. The molecule has 0 saturated heterocycles. The summed E-state index contributed by atoms with van der Waals surface area (Å²) < 4.78 is 6.67. The van der Waals surface area contributed by atoms with Crippen molar-refractivity contribution < 1.29 is 4.42 Å². The van der Waals surface area contributed by atoms with Crippen LogP contribution in [0, 0.1) is 0 Å². The Labute approximate surface area is 516 Å². The van der Waals surface area contributed by atoms with Crippen molar-refractivity contribution in [3.8, 4) is 55.6 Å². The van der Waals surface area contributed by atoms with Crippen LogP contribution in [0.25, 0.3) is 131 Å². The van der Waals surface area contributed by atoms with E-state index in [-0.39, 0.29) is 0 Å². The second-order valence-electron chi connectivity index (χ2n) is 23.2. The van der Waals surface area contributed by atoms with Crippen molar-refractivity contribution >= 4 is 110 Å². The number of anilines is 6. The molecule has 17 rings (SSSR count). The monoisotopic (exact) mass is 1130 g/mol. The summed E-state index contributed by atoms with van der Waals surface area (Å²) in [5, 5.41) is 14.4. The zero-order valence-electron chi connectivity index (χ0n) is 48.6. The first-order valence-corrected chi connectivity index (χ1v) is 30.5. The van der Waals surface area contributed by atoms with Crippen molar-refractivity contribution in [3.05, 3.63) is 340 Å². The first-order chi connectivity index (χ1) is 44.1. The second-order valence-corrected chi connectivity index (χ2v) is 23.2. The number of furan rings is 1. The van der Waals surface area contributed by atoms with Crippen LogP contribution >= 0.6 is 0 Å². The van der Waals surface area contributed by atoms with Crippen LogP contribution in [0.15, 0.2) is 344 Å². The van der Waals surface area contributed by atoms with Crippen LogP contribution in [-0.2, 0) is 0 Å². The maximum absolute atomic E-state index is 6.67. The highest BCUT2D eigenvalue weighted by Gasteiger charge is 2.22. The van der Waals surface area contributed by atoms with Crippen molar-refractivity contribution in [2.75, 3.05) is 9.80 Å². The van der Waals surface area contributed by atoms with Gasteiger partial charge in [-0.3, -0.25) is 0 Å². The van der Waals surface area contributed by atoms with Crippen LogP contribution in [-0.4, -0.2) is 0 Å². The number of hydrogen-bond donors (Lipinski definition) is 0. The first-order valence-electron chi connectivity index (χ1n) is 30.5. The van der Waals surface area contributed by atoms with Gasteiger partial charge in [-0.25, -0.2) is 0 Å². The van der Waals surface area contributed by atoms with E-state index in [4.69, 9.17) is 4.42 Å². The number of nitrogens with zero attached hydrogens (tertiary/aromatic N) is 2. The zero-order chi connectivity index (χ0) is 58.8. The molecule has 3 heteroatoms. The van der Waals surface area contributed by atoms with Gasteiger partial charge in [-0.05, 0) is 183 Å². The molecule has 0 amide bonds. The molecule has 416 valence electrons. The largest absolute Gasteiger partial charge is 0.455 e. The van der Waals surface area contributed by atoms with E-state index < -0.39 is 0 Å². The predicted octanol–water partition coefficient (Wildman–Crippen LogP) is 24.6. The summed E-state index contributed by atoms with van der Waals surface area (Å²) in [6, 6.07) is 124. The highest BCUT2D eigenvalue weighted by atomic mass is 16.3. The van der Waals surface area contributed by atoms with Crippen molar-refractivity contribution in [1.29, 1.82) is 0 Å². The van der Waals surface area contributed by atoms with E-state index in [2.05, 4.69) is 350 Å². The lowest BCUT2D eigenvalue weighted by molar-refractivity contribution is 0.673. The average Bonchev–Trinajstić information content (AvgIpc) is 2.12. The lowest BCUT2D eigenvalue weighted by atomic mass is 9.96. The number of benzene rings is 16. The average molecular weight is 1130 g/mol. The molecule has 0 spiro atoms. The molecule has 1 heterocycles. The summed E-state index contributed by atoms with van der Waals surface area (Å²) >= 11 is 0. The Hall–Kier alpha value is -11.8. The van der Waals surface area contributed by atoms with E-state index in [9.17, 15) is 0 Å². The minimum atomic E-state index is 0.879. The molecule has 16 aromatic carbocycles. The minimum Gasteiger partial charge on any atom is -0.455 e. The normalized spacial score (nSPS) is 11.6. The molecular formula is C86H56N2O. The number of hydrogen-bond acceptors (Lipinski definition) is 3. The van der Waals surface area contributed by atoms with Crippen molar-refractivity contribution in [1.82, 2.24) is 0 Å². The molecule has 0 radical (unpaired) electrons. The summed E-state index contributed by atoms with van der Waals surface area (Å²) in [7, 11) is 0. The van der Waals surface area contributed by atoms with E-state index in [1.807, 2.05) is 0 Å². The van der Waals surface area contributed by atoms with Gasteiger partial charge in [-0.2, -0.15) is 0 Å². The molecule has 0 unspecified atom stereocenters. The quantitative estimate of drug-likeness (QED) is 0.120. The van der Waals surface area contributed by atoms with Crippen LogP contribution in [0.3, 0.4) is 0 Å². The molecule has 1 aromatic heterocycles. The van der Waals surface area contributed by atoms with E-state index in [1.165, 1.54) is 65.2 Å². The Morgan fingerprint density at radius 3 is 1.43 bits per heavy atom. The molecule has 17 aromatic rings. The summed E-state index contributed by atoms with van der Waals surface area (Å²) in [5.41, 5.74) is 19.6. The fraction of sp³-hybridized carbons (Fsp3) is 0. The van der Waals surface area contributed by atoms with Gasteiger partial charge in [-0.15, -0.1) is 0 Å². The van der Waals surface area contributed by atoms with Gasteiger partial charge in [0.1, 0.15) is 11.2 Å². The van der Waals surface area contributed by atoms with Gasteiger partial charge in [0.25, 0.3) is 0 Å². The highest BCUT2D eigenvalue weighted by molar-refractivity contribution is 6.19. The van der Waals surface area contributed by atoms with Crippen LogP contribution in [0.4, 0.5) is 34.1 Å². The molecule has 0 atom stereocenters. The van der Waals surface area contributed by atoms with Gasteiger partial charge in [0.2, 0.25) is 0 Å². The van der Waals surface area contributed by atoms with Crippen LogP contribution in [0.1, 0.15) is 0 Å². The smallest absolute Gasteiger partial charge is 0.143 e. The standard InChI is InChI=1S/C86H56N2O/c1-2-19-65-53-67(39-35-57(65)15-1)66-21-11-23-72(54-66)87(74-50-52-78-69(56-74)40-38-61-17-4-7-26-76(61)78)73-24-12-22-68(55-73)79-27-9-10-31-83(79)88(70-46-41-59(42-47-70)58-33-36-63(37-34-58)77-29-13-20-60-16-3-6-25-75(60)77)71-48-43-64(44-49-71)80-30-14-32-84-85(80)82-51-45-62-18-5-8-28-81(62)86(82)89-84/h1-56H. The third-order valence-electron chi connectivity index (χ3n) is 18.0. The van der Waals surface area contributed by atoms with Crippen molar-refractivity contribution in [2.45, 2.75) is 0 Å². The first kappa shape index (κ1) is 51.6. The van der Waals surface area contributed by atoms with Gasteiger partial charge < -0.3 is 14.2 Å². The zero-order valence-corrected chi connectivity index (χ0v) is 48.6. The Morgan fingerprint density at radius 1 is 0.202 bits per heavy atom. The van der Waals surface area contributed by atoms with Crippen molar-refractivity contribution in [2.24, 2.45) is 0 Å². The fourth-order valence-corrected chi connectivity index (χ4v) is 13.6. The lowest BCUT2D eigenvalue weighted by Gasteiger charge is -2.29. The topological polar surface area (TPSA) is 19.6 Å². The second kappa shape index (κ2) is 21.6. The highest BCUT2D eigenvalue weighted by Crippen LogP contribution is 2.47. The molecule has 0 bridgehead atoms. The maximum Gasteiger partial charge on any atom is 0.143 e. The minimum absolute atomic E-state index is 0.879. The van der Waals surface area contributed by atoms with Crippen molar-refractivity contribution in [3.63, 3.8) is 0 Å². The molecular weight excluding hydrogens is 1080 g/mol. The number of fused-ring (bicyclic) bond motifs is 10. The van der Waals surface area contributed by atoms with E-state index in [1.54, 1.807) is 0 Å². The van der Waals surface area contributed by atoms with E-state index in [0.29, 0.717) is 0 Å². The van der Waals surface area contributed by atoms with Gasteiger partial charge >= 0.3 is 0 Å². The Morgan fingerprint density at radius 2 is 0.652 bits per heavy atom. The Kier molecular flexibility index (Phi) is 12.5. The molecule has 0 N–H and O–H groups in total. The third kappa shape index (κ3) is 9.24.